The molecule has 0 radical (unpaired) electrons. The molecule has 0 aliphatic carbocycles. The fourth-order valence-corrected chi connectivity index (χ4v) is 0.0408. The Kier molecular flexibility index (Phi) is 1.47. The van der Waals surface area contributed by atoms with E-state index in [1.54, 1.807) is 0 Å². The van der Waals surface area contributed by atoms with Gasteiger partial charge in [-0.3, -0.25) is 10.1 Å². The van der Waals surface area contributed by atoms with Gasteiger partial charge in [-0.15, -0.1) is 0 Å². The Hall–Kier alpha value is -1.19. The van der Waals surface area contributed by atoms with Crippen molar-refractivity contribution in [2.24, 2.45) is 5.73 Å². The van der Waals surface area contributed by atoms with Gasteiger partial charge in [-0.2, -0.15) is 5.26 Å². The number of hydrogen-bond donors (Lipinski definition) is 2. The summed E-state index contributed by atoms with van der Waals surface area (Å²) in [4.78, 5) is 8.18. The van der Waals surface area contributed by atoms with Crippen molar-refractivity contribution in [1.82, 2.24) is 0 Å². The number of nitrogens with zero attached hydrogens (tertiary/aromatic N) is 2. The molecule has 0 spiro atoms. The van der Waals surface area contributed by atoms with Gasteiger partial charge in [0, 0.05) is 0 Å². The first kappa shape index (κ1) is 6.81. The Morgan fingerprint density at radius 2 is 2.38 bits per heavy atom. The second-order valence-corrected chi connectivity index (χ2v) is 1.10. The minimum Gasteiger partial charge on any atom is -0.305 e. The predicted molar refractivity (Wildman–Crippen MR) is 21.7 cm³/mol. The fraction of sp³-hybridized carbons (Fsp3) is 0.500. The molecule has 3 N–H and O–H groups in total. The van der Waals surface area contributed by atoms with Crippen LogP contribution in [0.25, 0.3) is 0 Å². The molecule has 0 amide bonds. The number of nitro groups is 1. The number of nitriles is 1. The quantitative estimate of drug-likeness (QED) is 0.185. The van der Waals surface area contributed by atoms with Crippen molar-refractivity contribution >= 4 is 0 Å². The lowest BCUT2D eigenvalue weighted by atomic mass is 10.5. The van der Waals surface area contributed by atoms with E-state index in [1.165, 1.54) is 0 Å². The lowest BCUT2D eigenvalue weighted by molar-refractivity contribution is -0.603. The summed E-state index contributed by atoms with van der Waals surface area (Å²) in [7, 11) is 0. The van der Waals surface area contributed by atoms with Gasteiger partial charge in [0.15, 0.2) is 6.07 Å². The van der Waals surface area contributed by atoms with Crippen LogP contribution in [0.5, 0.6) is 0 Å². The zero-order chi connectivity index (χ0) is 6.78. The molecule has 8 heavy (non-hydrogen) atoms. The monoisotopic (exact) mass is 117 g/mol. The molecule has 0 bridgehead atoms. The van der Waals surface area contributed by atoms with Crippen LogP contribution >= 0.6 is 0 Å². The van der Waals surface area contributed by atoms with Crippen molar-refractivity contribution in [1.29, 1.82) is 5.26 Å². The van der Waals surface area contributed by atoms with E-state index in [4.69, 9.17) is 10.4 Å². The summed E-state index contributed by atoms with van der Waals surface area (Å²) >= 11 is 0. The van der Waals surface area contributed by atoms with Gasteiger partial charge in [-0.05, 0) is 0 Å². The van der Waals surface area contributed by atoms with E-state index < -0.39 is 10.8 Å². The third kappa shape index (κ3) is 1.14. The van der Waals surface area contributed by atoms with E-state index in [9.17, 15) is 10.1 Å². The number of aliphatic hydroxyl groups is 1. The third-order valence-corrected chi connectivity index (χ3v) is 0.443. The van der Waals surface area contributed by atoms with Crippen molar-refractivity contribution in [3.05, 3.63) is 10.1 Å². The van der Waals surface area contributed by atoms with Crippen LogP contribution < -0.4 is 5.73 Å². The molecule has 44 valence electrons. The van der Waals surface area contributed by atoms with E-state index in [2.05, 4.69) is 5.73 Å². The van der Waals surface area contributed by atoms with Gasteiger partial charge < -0.3 is 5.11 Å². The van der Waals surface area contributed by atoms with Gasteiger partial charge in [-0.1, -0.05) is 0 Å². The maximum atomic E-state index is 9.46. The fourth-order valence-electron chi connectivity index (χ4n) is 0.0408. The molecule has 0 aliphatic rings. The molecule has 6 heteroatoms. The molecule has 0 fully saturated rings. The summed E-state index contributed by atoms with van der Waals surface area (Å²) in [6.45, 7) is 0. The first-order valence-electron chi connectivity index (χ1n) is 1.57. The molecule has 1 atom stereocenters. The molecule has 0 saturated heterocycles. The Morgan fingerprint density at radius 3 is 2.38 bits per heavy atom. The number of rotatable bonds is 1. The van der Waals surface area contributed by atoms with Crippen LogP contribution in [0.2, 0.25) is 0 Å². The highest BCUT2D eigenvalue weighted by atomic mass is 16.7. The average Bonchev–Trinajstić information content (AvgIpc) is 1.67. The minimum absolute atomic E-state index is 0.875. The zero-order valence-electron chi connectivity index (χ0n) is 3.74. The minimum atomic E-state index is -2.93. The molecule has 0 aromatic carbocycles. The predicted octanol–water partition coefficient (Wildman–Crippen LogP) is -1.61. The molecule has 0 saturated carbocycles. The van der Waals surface area contributed by atoms with Crippen molar-refractivity contribution < 1.29 is 10.0 Å². The topological polar surface area (TPSA) is 113 Å². The van der Waals surface area contributed by atoms with E-state index in [1.807, 2.05) is 0 Å². The SMILES string of the molecule is N#CC(N)(O)[N+](=O)[O-]. The lowest BCUT2D eigenvalue weighted by Crippen LogP contribution is -2.45. The van der Waals surface area contributed by atoms with Crippen molar-refractivity contribution in [3.63, 3.8) is 0 Å². The van der Waals surface area contributed by atoms with Crippen molar-refractivity contribution in [2.45, 2.75) is 5.85 Å². The molecule has 0 aromatic rings. The van der Waals surface area contributed by atoms with Crippen LogP contribution in [-0.4, -0.2) is 15.9 Å². The summed E-state index contributed by atoms with van der Waals surface area (Å²) < 4.78 is 0. The van der Waals surface area contributed by atoms with Crippen LogP contribution in [0, 0.1) is 21.4 Å². The highest BCUT2D eigenvalue weighted by molar-refractivity contribution is 4.84. The summed E-state index contributed by atoms with van der Waals surface area (Å²) in [5.74, 6) is -2.93. The van der Waals surface area contributed by atoms with Gasteiger partial charge in [-0.25, -0.2) is 5.73 Å². The largest absolute Gasteiger partial charge is 0.471 e. The Morgan fingerprint density at radius 1 is 2.00 bits per heavy atom. The van der Waals surface area contributed by atoms with Gasteiger partial charge >= 0.3 is 5.85 Å². The highest BCUT2D eigenvalue weighted by Crippen LogP contribution is 1.89. The van der Waals surface area contributed by atoms with Crippen molar-refractivity contribution in [3.8, 4) is 6.07 Å². The molecule has 0 heterocycles. The summed E-state index contributed by atoms with van der Waals surface area (Å²) in [5, 5.41) is 25.3. The van der Waals surface area contributed by atoms with Gasteiger partial charge in [0.1, 0.15) is 0 Å². The standard InChI is InChI=1S/C2H3N3O3/c3-1-2(4,6)5(7)8/h6H,4H2. The third-order valence-electron chi connectivity index (χ3n) is 0.443. The lowest BCUT2D eigenvalue weighted by Gasteiger charge is -2.00. The second kappa shape index (κ2) is 1.73. The van der Waals surface area contributed by atoms with Crippen LogP contribution in [0.15, 0.2) is 0 Å². The van der Waals surface area contributed by atoms with E-state index in [0.717, 1.165) is 6.07 Å². The zero-order valence-corrected chi connectivity index (χ0v) is 3.74. The van der Waals surface area contributed by atoms with Gasteiger partial charge in [0.05, 0.1) is 4.92 Å². The van der Waals surface area contributed by atoms with Gasteiger partial charge in [0.2, 0.25) is 0 Å². The summed E-state index contributed by atoms with van der Waals surface area (Å²) in [6.07, 6.45) is 0. The Bertz CT molecular complexity index is 145. The molecular formula is C2H3N3O3. The average molecular weight is 117 g/mol. The molecular weight excluding hydrogens is 114 g/mol. The van der Waals surface area contributed by atoms with E-state index in [-0.39, 0.29) is 0 Å². The van der Waals surface area contributed by atoms with E-state index in [0.29, 0.717) is 0 Å². The van der Waals surface area contributed by atoms with Crippen LogP contribution in [0.1, 0.15) is 0 Å². The first-order valence-corrected chi connectivity index (χ1v) is 1.57. The number of hydrogen-bond acceptors (Lipinski definition) is 5. The van der Waals surface area contributed by atoms with Crippen LogP contribution in [-0.2, 0) is 0 Å². The maximum Gasteiger partial charge on any atom is 0.471 e. The summed E-state index contributed by atoms with van der Waals surface area (Å²) in [5.41, 5.74) is 4.35. The Labute approximate surface area is 44.3 Å². The van der Waals surface area contributed by atoms with Crippen LogP contribution in [0.3, 0.4) is 0 Å². The molecule has 0 aliphatic heterocycles. The van der Waals surface area contributed by atoms with E-state index >= 15 is 0 Å². The molecule has 0 rings (SSSR count). The van der Waals surface area contributed by atoms with Gasteiger partial charge in [0.25, 0.3) is 0 Å². The first-order chi connectivity index (χ1) is 3.50. The Balaban J connectivity index is 4.19. The van der Waals surface area contributed by atoms with Crippen molar-refractivity contribution in [2.75, 3.05) is 0 Å². The normalized spacial score (nSPS) is 16.1. The highest BCUT2D eigenvalue weighted by Gasteiger charge is 2.34. The second-order valence-electron chi connectivity index (χ2n) is 1.10. The molecule has 0 aromatic heterocycles. The molecule has 6 nitrogen and oxygen atoms in total. The molecule has 1 unspecified atom stereocenters. The summed E-state index contributed by atoms with van der Waals surface area (Å²) in [6, 6.07) is 0.875. The number of nitrogens with two attached hydrogens (primary N) is 1. The van der Waals surface area contributed by atoms with Crippen LogP contribution in [0.4, 0.5) is 0 Å². The maximum absolute atomic E-state index is 9.46. The smallest absolute Gasteiger partial charge is 0.305 e.